The number of H-pyrrole nitrogens is 1. The van der Waals surface area contributed by atoms with Gasteiger partial charge in [-0.15, -0.1) is 0 Å². The largest absolute Gasteiger partial charge is 0.481 e. The van der Waals surface area contributed by atoms with Crippen LogP contribution in [-0.2, 0) is 4.79 Å². The van der Waals surface area contributed by atoms with Crippen molar-refractivity contribution in [2.45, 2.75) is 25.3 Å². The average Bonchev–Trinajstić information content (AvgIpc) is 3.05. The number of amides is 1. The zero-order valence-corrected chi connectivity index (χ0v) is 12.0. The second-order valence-corrected chi connectivity index (χ2v) is 5.76. The van der Waals surface area contributed by atoms with Gasteiger partial charge < -0.3 is 15.4 Å². The number of halogens is 1. The summed E-state index contributed by atoms with van der Waals surface area (Å²) in [4.78, 5) is 26.2. The standard InChI is InChI=1S/C15H15ClN2O3/c16-12-10-3-1-2-4-11(10)18-13(12)14(19)17-9-6-5-8(7-9)15(20)21/h1-4,8-9,18H,5-7H2,(H,17,19)(H,20,21)/t8-,9+/m0/s1. The number of nitrogens with one attached hydrogen (secondary N) is 2. The molecule has 0 bridgehead atoms. The lowest BCUT2D eigenvalue weighted by molar-refractivity contribution is -0.141. The van der Waals surface area contributed by atoms with E-state index in [2.05, 4.69) is 10.3 Å². The van der Waals surface area contributed by atoms with Crippen molar-refractivity contribution in [3.05, 3.63) is 35.0 Å². The van der Waals surface area contributed by atoms with Gasteiger partial charge in [0.15, 0.2) is 0 Å². The summed E-state index contributed by atoms with van der Waals surface area (Å²) in [5.74, 6) is -1.45. The third-order valence-corrected chi connectivity index (χ3v) is 4.38. The Morgan fingerprint density at radius 2 is 2.05 bits per heavy atom. The highest BCUT2D eigenvalue weighted by molar-refractivity contribution is 6.38. The van der Waals surface area contributed by atoms with Crippen LogP contribution in [0.3, 0.4) is 0 Å². The summed E-state index contributed by atoms with van der Waals surface area (Å²) in [6.45, 7) is 0. The van der Waals surface area contributed by atoms with Gasteiger partial charge in [-0.25, -0.2) is 0 Å². The van der Waals surface area contributed by atoms with Crippen molar-refractivity contribution in [3.63, 3.8) is 0 Å². The lowest BCUT2D eigenvalue weighted by Gasteiger charge is -2.11. The summed E-state index contributed by atoms with van der Waals surface area (Å²) in [6.07, 6.45) is 1.75. The van der Waals surface area contributed by atoms with Crippen LogP contribution >= 0.6 is 11.6 Å². The summed E-state index contributed by atoms with van der Waals surface area (Å²) in [7, 11) is 0. The normalized spacial score (nSPS) is 21.6. The SMILES string of the molecule is O=C(N[C@@H]1CC[C@H](C(=O)O)C1)c1[nH]c2ccccc2c1Cl. The number of carboxylic acids is 1. The Morgan fingerprint density at radius 1 is 1.29 bits per heavy atom. The van der Waals surface area contributed by atoms with Gasteiger partial charge in [0, 0.05) is 16.9 Å². The molecule has 21 heavy (non-hydrogen) atoms. The van der Waals surface area contributed by atoms with Gasteiger partial charge in [-0.2, -0.15) is 0 Å². The number of carbonyl (C=O) groups is 2. The number of aromatic amines is 1. The van der Waals surface area contributed by atoms with Crippen LogP contribution in [0.25, 0.3) is 10.9 Å². The Labute approximate surface area is 126 Å². The Morgan fingerprint density at radius 3 is 2.71 bits per heavy atom. The molecule has 2 atom stereocenters. The van der Waals surface area contributed by atoms with Gasteiger partial charge in [-0.3, -0.25) is 9.59 Å². The van der Waals surface area contributed by atoms with Crippen LogP contribution in [0.1, 0.15) is 29.8 Å². The Hall–Kier alpha value is -2.01. The summed E-state index contributed by atoms with van der Waals surface area (Å²) < 4.78 is 0. The number of aliphatic carboxylic acids is 1. The highest BCUT2D eigenvalue weighted by Gasteiger charge is 2.31. The minimum atomic E-state index is -0.796. The molecule has 1 aliphatic carbocycles. The van der Waals surface area contributed by atoms with E-state index in [1.165, 1.54) is 0 Å². The number of para-hydroxylation sites is 1. The number of hydrogen-bond acceptors (Lipinski definition) is 2. The number of carboxylic acid groups (broad SMARTS) is 1. The van der Waals surface area contributed by atoms with E-state index in [0.29, 0.717) is 30.0 Å². The third kappa shape index (κ3) is 2.61. The third-order valence-electron chi connectivity index (χ3n) is 3.99. The van der Waals surface area contributed by atoms with Crippen molar-refractivity contribution in [1.82, 2.24) is 10.3 Å². The van der Waals surface area contributed by atoms with Crippen LogP contribution in [-0.4, -0.2) is 28.0 Å². The molecule has 1 fully saturated rings. The molecule has 3 N–H and O–H groups in total. The molecular weight excluding hydrogens is 292 g/mol. The van der Waals surface area contributed by atoms with Crippen molar-refractivity contribution < 1.29 is 14.7 Å². The monoisotopic (exact) mass is 306 g/mol. The van der Waals surface area contributed by atoms with Crippen LogP contribution in [0.5, 0.6) is 0 Å². The summed E-state index contributed by atoms with van der Waals surface area (Å²) >= 11 is 6.23. The van der Waals surface area contributed by atoms with E-state index in [1.54, 1.807) is 0 Å². The zero-order chi connectivity index (χ0) is 15.0. The van der Waals surface area contributed by atoms with Crippen LogP contribution in [0.2, 0.25) is 5.02 Å². The summed E-state index contributed by atoms with van der Waals surface area (Å²) in [5, 5.41) is 13.0. The van der Waals surface area contributed by atoms with Crippen LogP contribution < -0.4 is 5.32 Å². The van der Waals surface area contributed by atoms with Gasteiger partial charge in [-0.05, 0) is 25.3 Å². The maximum atomic E-state index is 12.3. The zero-order valence-electron chi connectivity index (χ0n) is 11.2. The molecule has 3 rings (SSSR count). The molecule has 0 radical (unpaired) electrons. The topological polar surface area (TPSA) is 82.2 Å². The minimum Gasteiger partial charge on any atom is -0.481 e. The molecule has 0 spiro atoms. The fraction of sp³-hybridized carbons (Fsp3) is 0.333. The molecule has 1 heterocycles. The molecular formula is C15H15ClN2O3. The molecule has 0 saturated heterocycles. The van der Waals surface area contributed by atoms with Crippen LogP contribution in [0, 0.1) is 5.92 Å². The smallest absolute Gasteiger partial charge is 0.306 e. The van der Waals surface area contributed by atoms with E-state index in [4.69, 9.17) is 16.7 Å². The molecule has 1 amide bonds. The van der Waals surface area contributed by atoms with E-state index in [0.717, 1.165) is 10.9 Å². The van der Waals surface area contributed by atoms with E-state index < -0.39 is 5.97 Å². The Balaban J connectivity index is 1.76. The van der Waals surface area contributed by atoms with Gasteiger partial charge in [0.2, 0.25) is 0 Å². The second-order valence-electron chi connectivity index (χ2n) is 5.38. The first kappa shape index (κ1) is 13.9. The van der Waals surface area contributed by atoms with Crippen molar-refractivity contribution in [2.75, 3.05) is 0 Å². The van der Waals surface area contributed by atoms with Gasteiger partial charge in [-0.1, -0.05) is 29.8 Å². The number of rotatable bonds is 3. The predicted octanol–water partition coefficient (Wildman–Crippen LogP) is 2.80. The molecule has 110 valence electrons. The molecule has 5 nitrogen and oxygen atoms in total. The molecule has 1 saturated carbocycles. The van der Waals surface area contributed by atoms with E-state index in [9.17, 15) is 9.59 Å². The highest BCUT2D eigenvalue weighted by Crippen LogP contribution is 2.29. The molecule has 2 aromatic rings. The maximum Gasteiger partial charge on any atom is 0.306 e. The minimum absolute atomic E-state index is 0.110. The van der Waals surface area contributed by atoms with Crippen molar-refractivity contribution in [3.8, 4) is 0 Å². The van der Waals surface area contributed by atoms with Gasteiger partial charge >= 0.3 is 5.97 Å². The van der Waals surface area contributed by atoms with Gasteiger partial charge in [0.1, 0.15) is 5.69 Å². The molecule has 0 aliphatic heterocycles. The first-order valence-corrected chi connectivity index (χ1v) is 7.24. The fourth-order valence-corrected chi connectivity index (χ4v) is 3.16. The van der Waals surface area contributed by atoms with E-state index in [-0.39, 0.29) is 17.9 Å². The fourth-order valence-electron chi connectivity index (χ4n) is 2.86. The first-order chi connectivity index (χ1) is 10.1. The van der Waals surface area contributed by atoms with Crippen molar-refractivity contribution in [2.24, 2.45) is 5.92 Å². The van der Waals surface area contributed by atoms with Gasteiger partial charge in [0.05, 0.1) is 10.9 Å². The van der Waals surface area contributed by atoms with Crippen molar-refractivity contribution in [1.29, 1.82) is 0 Å². The number of hydrogen-bond donors (Lipinski definition) is 3. The molecule has 6 heteroatoms. The number of carbonyl (C=O) groups excluding carboxylic acids is 1. The van der Waals surface area contributed by atoms with Crippen molar-refractivity contribution >= 4 is 34.4 Å². The average molecular weight is 307 g/mol. The summed E-state index contributed by atoms with van der Waals surface area (Å²) in [6, 6.07) is 7.32. The maximum absolute atomic E-state index is 12.3. The lowest BCUT2D eigenvalue weighted by atomic mass is 10.1. The molecule has 0 unspecified atom stereocenters. The first-order valence-electron chi connectivity index (χ1n) is 6.86. The second kappa shape index (κ2) is 5.41. The van der Waals surface area contributed by atoms with E-state index >= 15 is 0 Å². The molecule has 1 aliphatic rings. The van der Waals surface area contributed by atoms with E-state index in [1.807, 2.05) is 24.3 Å². The Kier molecular flexibility index (Phi) is 3.59. The summed E-state index contributed by atoms with van der Waals surface area (Å²) in [5.41, 5.74) is 1.14. The quantitative estimate of drug-likeness (QED) is 0.815. The van der Waals surface area contributed by atoms with Crippen LogP contribution in [0.4, 0.5) is 0 Å². The highest BCUT2D eigenvalue weighted by atomic mass is 35.5. The Bertz CT molecular complexity index is 710. The number of fused-ring (bicyclic) bond motifs is 1. The molecule has 1 aromatic carbocycles. The number of benzene rings is 1. The van der Waals surface area contributed by atoms with Crippen LogP contribution in [0.15, 0.2) is 24.3 Å². The lowest BCUT2D eigenvalue weighted by Crippen LogP contribution is -2.33. The molecule has 1 aromatic heterocycles. The number of aromatic nitrogens is 1. The van der Waals surface area contributed by atoms with Gasteiger partial charge in [0.25, 0.3) is 5.91 Å². The predicted molar refractivity (Wildman–Crippen MR) is 79.5 cm³/mol.